The number of quaternary nitrogens is 1. The molecule has 1 N–H and O–H groups in total. The van der Waals surface area contributed by atoms with Gasteiger partial charge in [0.05, 0.1) is 46.4 Å². The molecule has 116 valence electrons. The predicted molar refractivity (Wildman–Crippen MR) is 81.3 cm³/mol. The zero-order valence-electron chi connectivity index (χ0n) is 13.3. The molecule has 1 aromatic rings. The minimum Gasteiger partial charge on any atom is -0.496 e. The highest BCUT2D eigenvalue weighted by Crippen LogP contribution is 2.29. The SMILES string of the molecule is COc1cccc(OC)c1C(=O)N1CC[NH+](C(C)C)CC1. The molecule has 0 aromatic heterocycles. The van der Waals surface area contributed by atoms with Crippen LogP contribution >= 0.6 is 0 Å². The van der Waals surface area contributed by atoms with E-state index in [1.807, 2.05) is 11.0 Å². The molecule has 1 aliphatic heterocycles. The Morgan fingerprint density at radius 1 is 1.14 bits per heavy atom. The first-order valence-electron chi connectivity index (χ1n) is 7.43. The fraction of sp³-hybridized carbons (Fsp3) is 0.562. The van der Waals surface area contributed by atoms with E-state index in [0.29, 0.717) is 23.1 Å². The second kappa shape index (κ2) is 6.80. The van der Waals surface area contributed by atoms with Gasteiger partial charge in [0.25, 0.3) is 5.91 Å². The minimum atomic E-state index is -0.00731. The van der Waals surface area contributed by atoms with Crippen molar-refractivity contribution in [3.05, 3.63) is 23.8 Å². The first kappa shape index (κ1) is 15.6. The molecular weight excluding hydrogens is 268 g/mol. The van der Waals surface area contributed by atoms with E-state index in [-0.39, 0.29) is 5.91 Å². The normalized spacial score (nSPS) is 16.1. The van der Waals surface area contributed by atoms with E-state index in [2.05, 4.69) is 13.8 Å². The van der Waals surface area contributed by atoms with E-state index in [0.717, 1.165) is 26.2 Å². The van der Waals surface area contributed by atoms with Crippen molar-refractivity contribution in [2.24, 2.45) is 0 Å². The Hall–Kier alpha value is -1.75. The number of rotatable bonds is 4. The van der Waals surface area contributed by atoms with Gasteiger partial charge in [-0.2, -0.15) is 0 Å². The van der Waals surface area contributed by atoms with Crippen LogP contribution in [0.25, 0.3) is 0 Å². The molecule has 2 rings (SSSR count). The van der Waals surface area contributed by atoms with Crippen LogP contribution in [0.2, 0.25) is 0 Å². The van der Waals surface area contributed by atoms with Gasteiger partial charge < -0.3 is 19.3 Å². The number of nitrogens with one attached hydrogen (secondary N) is 1. The molecule has 0 spiro atoms. The molecule has 0 aliphatic carbocycles. The Labute approximate surface area is 126 Å². The number of amides is 1. The third-order valence-electron chi connectivity index (χ3n) is 4.15. The van der Waals surface area contributed by atoms with Crippen molar-refractivity contribution in [3.63, 3.8) is 0 Å². The summed E-state index contributed by atoms with van der Waals surface area (Å²) in [6, 6.07) is 6.02. The van der Waals surface area contributed by atoms with Gasteiger partial charge in [-0.15, -0.1) is 0 Å². The molecule has 5 heteroatoms. The van der Waals surface area contributed by atoms with Crippen molar-refractivity contribution in [1.82, 2.24) is 4.90 Å². The third kappa shape index (κ3) is 3.29. The lowest BCUT2D eigenvalue weighted by molar-refractivity contribution is -0.925. The van der Waals surface area contributed by atoms with Crippen LogP contribution in [0.3, 0.4) is 0 Å². The average Bonchev–Trinajstić information content (AvgIpc) is 2.53. The highest BCUT2D eigenvalue weighted by atomic mass is 16.5. The van der Waals surface area contributed by atoms with Gasteiger partial charge in [0.1, 0.15) is 17.1 Å². The summed E-state index contributed by atoms with van der Waals surface area (Å²) in [7, 11) is 3.15. The summed E-state index contributed by atoms with van der Waals surface area (Å²) in [6.45, 7) is 7.95. The summed E-state index contributed by atoms with van der Waals surface area (Å²) < 4.78 is 10.7. The molecule has 0 radical (unpaired) electrons. The largest absolute Gasteiger partial charge is 0.496 e. The van der Waals surface area contributed by atoms with Crippen LogP contribution in [-0.4, -0.2) is 57.2 Å². The van der Waals surface area contributed by atoms with E-state index in [4.69, 9.17) is 9.47 Å². The maximum Gasteiger partial charge on any atom is 0.261 e. The van der Waals surface area contributed by atoms with Crippen molar-refractivity contribution in [2.45, 2.75) is 19.9 Å². The standard InChI is InChI=1S/C16H24N2O3/c1-12(2)17-8-10-18(11-9-17)16(19)15-13(20-3)6-5-7-14(15)21-4/h5-7,12H,8-11H2,1-4H3/p+1. The number of piperazine rings is 1. The summed E-state index contributed by atoms with van der Waals surface area (Å²) in [5, 5.41) is 0. The molecule has 1 amide bonds. The van der Waals surface area contributed by atoms with Crippen LogP contribution in [0.5, 0.6) is 11.5 Å². The molecule has 1 aromatic carbocycles. The Morgan fingerprint density at radius 3 is 2.10 bits per heavy atom. The van der Waals surface area contributed by atoms with Crippen LogP contribution in [0.1, 0.15) is 24.2 Å². The lowest BCUT2D eigenvalue weighted by Gasteiger charge is -2.34. The van der Waals surface area contributed by atoms with Gasteiger partial charge >= 0.3 is 0 Å². The summed E-state index contributed by atoms with van der Waals surface area (Å²) >= 11 is 0. The minimum absolute atomic E-state index is 0.00731. The summed E-state index contributed by atoms with van der Waals surface area (Å²) in [6.07, 6.45) is 0. The van der Waals surface area contributed by atoms with Crippen molar-refractivity contribution in [2.75, 3.05) is 40.4 Å². The molecule has 1 heterocycles. The van der Waals surface area contributed by atoms with Crippen LogP contribution in [0.4, 0.5) is 0 Å². The third-order valence-corrected chi connectivity index (χ3v) is 4.15. The zero-order chi connectivity index (χ0) is 15.4. The fourth-order valence-corrected chi connectivity index (χ4v) is 2.79. The Balaban J connectivity index is 2.18. The maximum absolute atomic E-state index is 12.8. The van der Waals surface area contributed by atoms with Crippen molar-refractivity contribution >= 4 is 5.91 Å². The fourth-order valence-electron chi connectivity index (χ4n) is 2.79. The van der Waals surface area contributed by atoms with E-state index in [9.17, 15) is 4.79 Å². The van der Waals surface area contributed by atoms with E-state index < -0.39 is 0 Å². The quantitative estimate of drug-likeness (QED) is 0.877. The first-order valence-corrected chi connectivity index (χ1v) is 7.43. The van der Waals surface area contributed by atoms with Crippen LogP contribution in [0, 0.1) is 0 Å². The zero-order valence-corrected chi connectivity index (χ0v) is 13.3. The van der Waals surface area contributed by atoms with Crippen LogP contribution in [0.15, 0.2) is 18.2 Å². The lowest BCUT2D eigenvalue weighted by atomic mass is 10.1. The van der Waals surface area contributed by atoms with Gasteiger partial charge in [-0.05, 0) is 26.0 Å². The van der Waals surface area contributed by atoms with Crippen molar-refractivity contribution in [1.29, 1.82) is 0 Å². The molecular formula is C16H25N2O3+. The predicted octanol–water partition coefficient (Wildman–Crippen LogP) is 0.453. The molecule has 1 aliphatic rings. The Kier molecular flexibility index (Phi) is 5.07. The molecule has 0 bridgehead atoms. The molecule has 1 fully saturated rings. The first-order chi connectivity index (χ1) is 10.1. The molecule has 0 unspecified atom stereocenters. The monoisotopic (exact) mass is 293 g/mol. The lowest BCUT2D eigenvalue weighted by Crippen LogP contribution is -3.17. The van der Waals surface area contributed by atoms with E-state index in [1.165, 1.54) is 0 Å². The Morgan fingerprint density at radius 2 is 1.67 bits per heavy atom. The number of ether oxygens (including phenoxy) is 2. The number of nitrogens with zero attached hydrogens (tertiary/aromatic N) is 1. The highest BCUT2D eigenvalue weighted by molar-refractivity contribution is 5.99. The second-order valence-electron chi connectivity index (χ2n) is 5.64. The Bertz CT molecular complexity index is 472. The van der Waals surface area contributed by atoms with Gasteiger partial charge in [0.15, 0.2) is 0 Å². The van der Waals surface area contributed by atoms with Crippen LogP contribution < -0.4 is 14.4 Å². The van der Waals surface area contributed by atoms with E-state index >= 15 is 0 Å². The maximum atomic E-state index is 12.8. The summed E-state index contributed by atoms with van der Waals surface area (Å²) in [5.41, 5.74) is 0.524. The van der Waals surface area contributed by atoms with Crippen molar-refractivity contribution < 1.29 is 19.2 Å². The molecule has 0 atom stereocenters. The molecule has 21 heavy (non-hydrogen) atoms. The highest BCUT2D eigenvalue weighted by Gasteiger charge is 2.29. The average molecular weight is 293 g/mol. The van der Waals surface area contributed by atoms with Gasteiger partial charge in [0.2, 0.25) is 0 Å². The van der Waals surface area contributed by atoms with E-state index in [1.54, 1.807) is 31.3 Å². The molecule has 1 saturated heterocycles. The van der Waals surface area contributed by atoms with Crippen molar-refractivity contribution in [3.8, 4) is 11.5 Å². The van der Waals surface area contributed by atoms with Gasteiger partial charge in [-0.3, -0.25) is 4.79 Å². The number of benzene rings is 1. The number of hydrogen-bond acceptors (Lipinski definition) is 3. The van der Waals surface area contributed by atoms with Gasteiger partial charge in [0, 0.05) is 0 Å². The van der Waals surface area contributed by atoms with Crippen LogP contribution in [-0.2, 0) is 0 Å². The number of carbonyl (C=O) groups is 1. The number of hydrogen-bond donors (Lipinski definition) is 1. The number of methoxy groups -OCH3 is 2. The van der Waals surface area contributed by atoms with Gasteiger partial charge in [-0.25, -0.2) is 0 Å². The summed E-state index contributed by atoms with van der Waals surface area (Å²) in [5.74, 6) is 1.13. The smallest absolute Gasteiger partial charge is 0.261 e. The number of carbonyl (C=O) groups excluding carboxylic acids is 1. The van der Waals surface area contributed by atoms with Gasteiger partial charge in [-0.1, -0.05) is 6.07 Å². The summed E-state index contributed by atoms with van der Waals surface area (Å²) in [4.78, 5) is 16.2. The molecule has 0 saturated carbocycles. The second-order valence-corrected chi connectivity index (χ2v) is 5.64. The topological polar surface area (TPSA) is 43.2 Å². The molecule has 5 nitrogen and oxygen atoms in total.